The third-order valence-corrected chi connectivity index (χ3v) is 4.59. The SMILES string of the molecule is CCCCCCCCCC(CCCCCCC)C(=O)NCCO. The van der Waals surface area contributed by atoms with E-state index in [4.69, 9.17) is 5.11 Å². The standard InChI is InChI=1S/C20H41NO2/c1-3-5-7-9-10-12-14-16-19(20(23)21-17-18-22)15-13-11-8-6-4-2/h19,22H,3-18H2,1-2H3,(H,21,23). The van der Waals surface area contributed by atoms with Crippen molar-refractivity contribution in [1.82, 2.24) is 5.32 Å². The van der Waals surface area contributed by atoms with E-state index in [9.17, 15) is 4.79 Å². The maximum Gasteiger partial charge on any atom is 0.223 e. The van der Waals surface area contributed by atoms with E-state index in [1.807, 2.05) is 0 Å². The minimum atomic E-state index is 0.0341. The van der Waals surface area contributed by atoms with Crippen molar-refractivity contribution in [3.05, 3.63) is 0 Å². The molecule has 0 saturated heterocycles. The van der Waals surface area contributed by atoms with Gasteiger partial charge in [0.25, 0.3) is 0 Å². The zero-order valence-corrected chi connectivity index (χ0v) is 15.7. The normalized spacial score (nSPS) is 12.3. The van der Waals surface area contributed by atoms with Crippen molar-refractivity contribution in [3.8, 4) is 0 Å². The monoisotopic (exact) mass is 327 g/mol. The number of nitrogens with one attached hydrogen (secondary N) is 1. The highest BCUT2D eigenvalue weighted by molar-refractivity contribution is 5.78. The molecule has 0 aromatic rings. The van der Waals surface area contributed by atoms with E-state index < -0.39 is 0 Å². The Balaban J connectivity index is 3.89. The van der Waals surface area contributed by atoms with Crippen LogP contribution in [0.1, 0.15) is 104 Å². The summed E-state index contributed by atoms with van der Waals surface area (Å²) in [7, 11) is 0. The Morgan fingerprint density at radius 1 is 0.783 bits per heavy atom. The van der Waals surface area contributed by atoms with Crippen molar-refractivity contribution in [2.45, 2.75) is 104 Å². The summed E-state index contributed by atoms with van der Waals surface area (Å²) in [6, 6.07) is 0. The van der Waals surface area contributed by atoms with E-state index >= 15 is 0 Å². The van der Waals surface area contributed by atoms with Gasteiger partial charge in [0.1, 0.15) is 0 Å². The van der Waals surface area contributed by atoms with Gasteiger partial charge < -0.3 is 10.4 Å². The molecule has 0 fully saturated rings. The summed E-state index contributed by atoms with van der Waals surface area (Å²) in [5, 5.41) is 11.7. The smallest absolute Gasteiger partial charge is 0.223 e. The first kappa shape index (κ1) is 22.4. The minimum Gasteiger partial charge on any atom is -0.395 e. The summed E-state index contributed by atoms with van der Waals surface area (Å²) < 4.78 is 0. The second kappa shape index (κ2) is 17.8. The van der Waals surface area contributed by atoms with E-state index in [0.717, 1.165) is 25.7 Å². The van der Waals surface area contributed by atoms with Crippen LogP contribution in [0.2, 0.25) is 0 Å². The highest BCUT2D eigenvalue weighted by Crippen LogP contribution is 2.19. The number of rotatable bonds is 17. The number of aliphatic hydroxyl groups is 1. The van der Waals surface area contributed by atoms with Gasteiger partial charge >= 0.3 is 0 Å². The number of unbranched alkanes of at least 4 members (excludes halogenated alkanes) is 10. The van der Waals surface area contributed by atoms with Gasteiger partial charge in [-0.15, -0.1) is 0 Å². The first-order valence-electron chi connectivity index (χ1n) is 10.1. The Bertz CT molecular complexity index is 256. The molecule has 0 radical (unpaired) electrons. The fourth-order valence-corrected chi connectivity index (χ4v) is 3.07. The van der Waals surface area contributed by atoms with Crippen molar-refractivity contribution in [2.24, 2.45) is 5.92 Å². The molecule has 1 atom stereocenters. The highest BCUT2D eigenvalue weighted by Gasteiger charge is 2.17. The van der Waals surface area contributed by atoms with Crippen molar-refractivity contribution < 1.29 is 9.90 Å². The van der Waals surface area contributed by atoms with Gasteiger partial charge in [-0.05, 0) is 12.8 Å². The predicted octanol–water partition coefficient (Wildman–Crippen LogP) is 5.21. The van der Waals surface area contributed by atoms with Crippen LogP contribution in [0.4, 0.5) is 0 Å². The third kappa shape index (κ3) is 14.7. The van der Waals surface area contributed by atoms with Crippen LogP contribution in [0.3, 0.4) is 0 Å². The lowest BCUT2D eigenvalue weighted by atomic mass is 9.93. The van der Waals surface area contributed by atoms with Gasteiger partial charge in [-0.3, -0.25) is 4.79 Å². The molecule has 2 N–H and O–H groups in total. The Kier molecular flexibility index (Phi) is 17.3. The average molecular weight is 328 g/mol. The fraction of sp³-hybridized carbons (Fsp3) is 0.950. The number of hydrogen-bond acceptors (Lipinski definition) is 2. The molecule has 0 heterocycles. The summed E-state index contributed by atoms with van der Waals surface area (Å²) in [6.45, 7) is 4.90. The summed E-state index contributed by atoms with van der Waals surface area (Å²) in [6.07, 6.45) is 17.4. The second-order valence-corrected chi connectivity index (χ2v) is 6.82. The molecule has 0 saturated carbocycles. The summed E-state index contributed by atoms with van der Waals surface area (Å²) in [4.78, 5) is 12.2. The number of carbonyl (C=O) groups excluding carboxylic acids is 1. The van der Waals surface area contributed by atoms with Gasteiger partial charge in [-0.2, -0.15) is 0 Å². The minimum absolute atomic E-state index is 0.0341. The number of hydrogen-bond donors (Lipinski definition) is 2. The molecule has 3 nitrogen and oxygen atoms in total. The Labute approximate surface area is 144 Å². The van der Waals surface area contributed by atoms with Crippen LogP contribution in [-0.2, 0) is 4.79 Å². The van der Waals surface area contributed by atoms with Crippen molar-refractivity contribution in [1.29, 1.82) is 0 Å². The van der Waals surface area contributed by atoms with Crippen LogP contribution in [0.5, 0.6) is 0 Å². The highest BCUT2D eigenvalue weighted by atomic mass is 16.3. The molecule has 0 rings (SSSR count). The van der Waals surface area contributed by atoms with E-state index in [1.165, 1.54) is 64.2 Å². The van der Waals surface area contributed by atoms with Gasteiger partial charge in [0.2, 0.25) is 5.91 Å². The number of amides is 1. The van der Waals surface area contributed by atoms with E-state index in [1.54, 1.807) is 0 Å². The average Bonchev–Trinajstić information content (AvgIpc) is 2.56. The summed E-state index contributed by atoms with van der Waals surface area (Å²) in [5.41, 5.74) is 0. The lowest BCUT2D eigenvalue weighted by molar-refractivity contribution is -0.125. The molecule has 3 heteroatoms. The van der Waals surface area contributed by atoms with Crippen molar-refractivity contribution in [2.75, 3.05) is 13.2 Å². The molecule has 1 unspecified atom stereocenters. The van der Waals surface area contributed by atoms with Crippen LogP contribution < -0.4 is 5.32 Å². The van der Waals surface area contributed by atoms with Crippen LogP contribution in [0, 0.1) is 5.92 Å². The van der Waals surface area contributed by atoms with Crippen LogP contribution >= 0.6 is 0 Å². The lowest BCUT2D eigenvalue weighted by Crippen LogP contribution is -2.32. The zero-order valence-electron chi connectivity index (χ0n) is 15.7. The third-order valence-electron chi connectivity index (χ3n) is 4.59. The van der Waals surface area contributed by atoms with Crippen LogP contribution in [0.25, 0.3) is 0 Å². The summed E-state index contributed by atoms with van der Waals surface area (Å²) >= 11 is 0. The first-order chi connectivity index (χ1) is 11.3. The van der Waals surface area contributed by atoms with Gasteiger partial charge in [0.05, 0.1) is 6.61 Å². The van der Waals surface area contributed by atoms with Gasteiger partial charge in [-0.25, -0.2) is 0 Å². The zero-order chi connectivity index (χ0) is 17.2. The topological polar surface area (TPSA) is 49.3 Å². The van der Waals surface area contributed by atoms with Crippen LogP contribution in [-0.4, -0.2) is 24.2 Å². The molecule has 0 aliphatic heterocycles. The molecule has 0 spiro atoms. The second-order valence-electron chi connectivity index (χ2n) is 6.82. The molecule has 138 valence electrons. The molecule has 0 bridgehead atoms. The lowest BCUT2D eigenvalue weighted by Gasteiger charge is -2.16. The molecular formula is C20H41NO2. The molecule has 0 aromatic heterocycles. The molecule has 0 aliphatic rings. The Morgan fingerprint density at radius 2 is 1.22 bits per heavy atom. The van der Waals surface area contributed by atoms with Gasteiger partial charge in [-0.1, -0.05) is 90.9 Å². The van der Waals surface area contributed by atoms with Crippen molar-refractivity contribution >= 4 is 5.91 Å². The Hall–Kier alpha value is -0.570. The van der Waals surface area contributed by atoms with Gasteiger partial charge in [0.15, 0.2) is 0 Å². The molecular weight excluding hydrogens is 286 g/mol. The quantitative estimate of drug-likeness (QED) is 0.360. The number of aliphatic hydroxyl groups excluding tert-OH is 1. The van der Waals surface area contributed by atoms with Crippen molar-refractivity contribution in [3.63, 3.8) is 0 Å². The molecule has 0 aromatic carbocycles. The first-order valence-corrected chi connectivity index (χ1v) is 10.1. The van der Waals surface area contributed by atoms with Gasteiger partial charge in [0, 0.05) is 12.5 Å². The number of carbonyl (C=O) groups is 1. The summed E-state index contributed by atoms with van der Waals surface area (Å²) in [5.74, 6) is 0.305. The molecule has 23 heavy (non-hydrogen) atoms. The Morgan fingerprint density at radius 3 is 1.65 bits per heavy atom. The maximum atomic E-state index is 12.2. The van der Waals surface area contributed by atoms with E-state index in [2.05, 4.69) is 19.2 Å². The largest absolute Gasteiger partial charge is 0.395 e. The fourth-order valence-electron chi connectivity index (χ4n) is 3.07. The predicted molar refractivity (Wildman–Crippen MR) is 99.6 cm³/mol. The molecule has 1 amide bonds. The van der Waals surface area contributed by atoms with E-state index in [0.29, 0.717) is 6.54 Å². The maximum absolute atomic E-state index is 12.2. The van der Waals surface area contributed by atoms with Crippen LogP contribution in [0.15, 0.2) is 0 Å². The van der Waals surface area contributed by atoms with E-state index in [-0.39, 0.29) is 18.4 Å². The molecule has 0 aliphatic carbocycles.